The van der Waals surface area contributed by atoms with Crippen LogP contribution < -0.4 is 24.7 Å². The average molecular weight is 1290 g/mol. The Bertz CT molecular complexity index is 3660. The second-order valence-corrected chi connectivity index (χ2v) is 17.5. The van der Waals surface area contributed by atoms with E-state index in [0.29, 0.717) is 58.0 Å². The van der Waals surface area contributed by atoms with Crippen molar-refractivity contribution >= 4 is 34.5 Å². The molecule has 424 valence electrons. The van der Waals surface area contributed by atoms with E-state index in [2.05, 4.69) is 121 Å². The first-order valence-electron chi connectivity index (χ1n) is 25.0. The van der Waals surface area contributed by atoms with Crippen LogP contribution in [0.1, 0.15) is 38.2 Å². The van der Waals surface area contributed by atoms with Gasteiger partial charge in [0.25, 0.3) is 6.47 Å². The summed E-state index contributed by atoms with van der Waals surface area (Å²) >= 11 is 0. The van der Waals surface area contributed by atoms with E-state index in [1.807, 2.05) is 72.8 Å². The molecule has 0 bridgehead atoms. The minimum atomic E-state index is -1.04. The molecule has 0 saturated carbocycles. The van der Waals surface area contributed by atoms with Crippen molar-refractivity contribution in [2.24, 2.45) is 0 Å². The number of benzene rings is 2. The maximum Gasteiger partial charge on any atom is 1.00 e. The monoisotopic (exact) mass is 1300 g/mol. The maximum atomic E-state index is 10.8. The van der Waals surface area contributed by atoms with Crippen LogP contribution in [0, 0.1) is 34.3 Å². The predicted molar refractivity (Wildman–Crippen MR) is 305 cm³/mol. The van der Waals surface area contributed by atoms with E-state index in [1.54, 1.807) is 61.4 Å². The number of aliphatic hydroxyl groups is 2. The third-order valence-corrected chi connectivity index (χ3v) is 11.9. The van der Waals surface area contributed by atoms with Gasteiger partial charge >= 0.3 is 44.9 Å². The van der Waals surface area contributed by atoms with E-state index in [-0.39, 0.29) is 44.5 Å². The van der Waals surface area contributed by atoms with Crippen LogP contribution in [0.4, 0.5) is 0 Å². The molecule has 0 atom stereocenters. The summed E-state index contributed by atoms with van der Waals surface area (Å²) in [5, 5.41) is 27.7. The number of aliphatic hydroxyl groups excluding tert-OH is 1. The topological polar surface area (TPSA) is 286 Å². The molecule has 0 aliphatic carbocycles. The fourth-order valence-electron chi connectivity index (χ4n) is 7.52. The van der Waals surface area contributed by atoms with Crippen molar-refractivity contribution in [2.45, 2.75) is 27.7 Å². The Hall–Kier alpha value is -9.68. The first-order valence-corrected chi connectivity index (χ1v) is 25.0. The van der Waals surface area contributed by atoms with Gasteiger partial charge in [0.05, 0.1) is 52.0 Å². The average Bonchev–Trinajstić information content (AvgIpc) is 3.68. The molecule has 0 saturated heterocycles. The molecule has 2 aromatic carbocycles. The molecular formula is C62H51N12O8Ru2-. The fourth-order valence-corrected chi connectivity index (χ4v) is 7.52. The van der Waals surface area contributed by atoms with Crippen LogP contribution >= 0.6 is 0 Å². The van der Waals surface area contributed by atoms with Gasteiger partial charge in [-0.15, -0.1) is 17.7 Å². The second-order valence-electron chi connectivity index (χ2n) is 17.5. The number of ether oxygens (including phenoxy) is 2. The van der Waals surface area contributed by atoms with E-state index in [4.69, 9.17) is 14.9 Å². The van der Waals surface area contributed by atoms with Crippen molar-refractivity contribution < 1.29 is 78.4 Å². The molecule has 0 aliphatic heterocycles. The van der Waals surface area contributed by atoms with Gasteiger partial charge in [-0.2, -0.15) is 0 Å². The van der Waals surface area contributed by atoms with Crippen LogP contribution in [0.25, 0.3) is 79.3 Å². The number of hydrogen-bond donors (Lipinski definition) is 2. The van der Waals surface area contributed by atoms with E-state index >= 15 is 0 Å². The molecule has 20 nitrogen and oxygen atoms in total. The fraction of sp³-hybridized carbons (Fsp3) is 0.0806. The third-order valence-electron chi connectivity index (χ3n) is 11.9. The Morgan fingerprint density at radius 1 is 0.512 bits per heavy atom. The zero-order valence-electron chi connectivity index (χ0n) is 45.3. The standard InChI is InChI=1S/C18H16N4.C12H11N2O4.C12H8N2O4.2C10H8N2.2Ru/c1-9-5-13-14(6-10(9)2)20-17(19-13)18-21-15-7-11(3)12(4)8-16(15)22-18;15-8-17-10-2-4-14-12(6-10)11-5-9(7-18-16)1-3-13-11;15-7-18-9-2-4-14-11(6-9)10-5-8(12(16)17)1-3-13-10;2*1-3-7-11-9(5-1)10-6-2-4-8-12-10;;/h5-8H,1-4H3;1-7,15,18H,8H2;1-7H,(H,16,17);2*1-8H;;/q-2;-1;;;;2*+1. The quantitative estimate of drug-likeness (QED) is 0.0219. The number of aromatic carboxylic acids is 1. The van der Waals surface area contributed by atoms with Crippen molar-refractivity contribution in [1.29, 1.82) is 0 Å². The molecule has 12 rings (SSSR count). The van der Waals surface area contributed by atoms with Crippen LogP contribution in [0.3, 0.4) is 0 Å². The van der Waals surface area contributed by atoms with Gasteiger partial charge in [0, 0.05) is 61.2 Å². The zero-order chi connectivity index (χ0) is 57.6. The van der Waals surface area contributed by atoms with Gasteiger partial charge in [-0.1, -0.05) is 60.2 Å². The molecule has 10 heterocycles. The number of carboxylic acid groups (broad SMARTS) is 1. The van der Waals surface area contributed by atoms with Crippen molar-refractivity contribution in [1.82, 2.24) is 59.8 Å². The summed E-state index contributed by atoms with van der Waals surface area (Å²) in [7, 11) is 0. The number of carbonyl (C=O) groups is 2. The Balaban J connectivity index is 0.000000170. The van der Waals surface area contributed by atoms with E-state index in [0.717, 1.165) is 44.8 Å². The summed E-state index contributed by atoms with van der Waals surface area (Å²) in [4.78, 5) is 75.2. The Morgan fingerprint density at radius 3 is 1.32 bits per heavy atom. The van der Waals surface area contributed by atoms with Gasteiger partial charge in [0.1, 0.15) is 11.5 Å². The summed E-state index contributed by atoms with van der Waals surface area (Å²) in [5.41, 5.74) is 14.9. The van der Waals surface area contributed by atoms with Crippen LogP contribution in [0.5, 0.6) is 11.5 Å². The van der Waals surface area contributed by atoms with Crippen molar-refractivity contribution in [3.8, 4) is 68.7 Å². The van der Waals surface area contributed by atoms with E-state index in [9.17, 15) is 14.8 Å². The molecule has 12 aromatic rings. The number of carboxylic acids is 1. The van der Waals surface area contributed by atoms with E-state index in [1.165, 1.54) is 65.5 Å². The molecule has 22 heteroatoms. The number of fused-ring (bicyclic) bond motifs is 2. The Morgan fingerprint density at radius 2 is 0.905 bits per heavy atom. The first-order chi connectivity index (χ1) is 40.0. The van der Waals surface area contributed by atoms with E-state index < -0.39 is 12.8 Å². The molecule has 0 fully saturated rings. The number of nitrogens with zero attached hydrogens (tertiary/aromatic N) is 12. The molecule has 10 aromatic heterocycles. The zero-order valence-corrected chi connectivity index (χ0v) is 48.8. The van der Waals surface area contributed by atoms with Gasteiger partial charge in [-0.05, 0) is 151 Å². The van der Waals surface area contributed by atoms with Gasteiger partial charge in [-0.3, -0.25) is 44.7 Å². The molecular weight excluding hydrogens is 1240 g/mol. The maximum absolute atomic E-state index is 10.8. The molecule has 0 spiro atoms. The SMILES string of the molecule is Cc1cc2nc(-c3nc4cc(C)c(C)cc4[n-]3)[n-]c2cc1C.O=COc1ccnc(-c2cc(C(=O)O)ccn2)c1.[O-][OH+][CH-]c1ccnc(-c2cc(OCO)ccn2)c1.[Ru+].[Ru+].c1ccc(-c2ccccn2)nc1.c1ccc(-c2ccccn2)nc1. The summed E-state index contributed by atoms with van der Waals surface area (Å²) < 4.78 is 9.64. The van der Waals surface area contributed by atoms with Crippen molar-refractivity contribution in [3.05, 3.63) is 235 Å². The van der Waals surface area contributed by atoms with Crippen molar-refractivity contribution in [2.75, 3.05) is 6.79 Å². The van der Waals surface area contributed by atoms with Gasteiger partial charge in [0.15, 0.2) is 6.79 Å². The molecule has 3 N–H and O–H groups in total. The normalized spacial score (nSPS) is 10.1. The summed E-state index contributed by atoms with van der Waals surface area (Å²) in [5.74, 6) is 0.974. The molecule has 0 amide bonds. The molecule has 2 radical (unpaired) electrons. The number of imidazole rings is 2. The Kier molecular flexibility index (Phi) is 24.3. The third kappa shape index (κ3) is 17.9. The van der Waals surface area contributed by atoms with Crippen LogP contribution in [-0.4, -0.2) is 84.2 Å². The smallest absolute Gasteiger partial charge is 0.542 e. The van der Waals surface area contributed by atoms with Gasteiger partial charge in [0.2, 0.25) is 0 Å². The van der Waals surface area contributed by atoms with Crippen LogP contribution in [-0.2, 0) is 43.8 Å². The molecule has 0 aliphatic rings. The van der Waals surface area contributed by atoms with Crippen LogP contribution in [0.2, 0.25) is 0 Å². The largest absolute Gasteiger partial charge is 1.00 e. The minimum absolute atomic E-state index is 0. The van der Waals surface area contributed by atoms with Gasteiger partial charge in [-0.25, -0.2) is 4.79 Å². The van der Waals surface area contributed by atoms with Crippen molar-refractivity contribution in [3.63, 3.8) is 0 Å². The summed E-state index contributed by atoms with van der Waals surface area (Å²) in [6.07, 6.45) is 13.0. The number of pyridine rings is 8. The Labute approximate surface area is 508 Å². The second kappa shape index (κ2) is 32.1. The summed E-state index contributed by atoms with van der Waals surface area (Å²) in [6.45, 7) is 9.44. The molecule has 0 unspecified atom stereocenters. The predicted octanol–water partition coefficient (Wildman–Crippen LogP) is 9.61. The molecule has 84 heavy (non-hydrogen) atoms. The number of hydrogen-bond acceptors (Lipinski definition) is 16. The number of aromatic nitrogens is 12. The minimum Gasteiger partial charge on any atom is -0.542 e. The number of aryl methyl sites for hydroxylation is 4. The first kappa shape index (κ1) is 63.5. The number of rotatable bonds is 12. The van der Waals surface area contributed by atoms with Crippen LogP contribution in [0.15, 0.2) is 195 Å². The summed E-state index contributed by atoms with van der Waals surface area (Å²) in [6, 6.07) is 43.9. The van der Waals surface area contributed by atoms with Gasteiger partial charge < -0.3 is 49.8 Å². The number of carbonyl (C=O) groups excluding carboxylic acids is 1.